The Hall–Kier alpha value is -2.64. The van der Waals surface area contributed by atoms with Crippen molar-refractivity contribution in [2.75, 3.05) is 19.6 Å². The summed E-state index contributed by atoms with van der Waals surface area (Å²) in [6.45, 7) is 3.84. The molecule has 1 aliphatic carbocycles. The predicted molar refractivity (Wildman–Crippen MR) is 102 cm³/mol. The molecule has 28 heavy (non-hydrogen) atoms. The number of carbonyl (C=O) groups is 2. The summed E-state index contributed by atoms with van der Waals surface area (Å²) in [7, 11) is 0. The molecule has 4 heterocycles. The van der Waals surface area contributed by atoms with E-state index >= 15 is 0 Å². The lowest BCUT2D eigenvalue weighted by Gasteiger charge is -2.50. The van der Waals surface area contributed by atoms with Crippen LogP contribution in [0.3, 0.4) is 0 Å². The Balaban J connectivity index is 1.40. The Morgan fingerprint density at radius 1 is 1.14 bits per heavy atom. The zero-order valence-electron chi connectivity index (χ0n) is 16.3. The maximum absolute atomic E-state index is 13.1. The second-order valence-corrected chi connectivity index (χ2v) is 8.09. The molecule has 0 radical (unpaired) electrons. The smallest absolute Gasteiger partial charge is 0.274 e. The molecule has 148 valence electrons. The van der Waals surface area contributed by atoms with Gasteiger partial charge in [0.1, 0.15) is 0 Å². The minimum Gasteiger partial charge on any atom is -0.348 e. The maximum atomic E-state index is 13.1. The van der Waals surface area contributed by atoms with E-state index in [-0.39, 0.29) is 11.8 Å². The van der Waals surface area contributed by atoms with Crippen LogP contribution in [-0.4, -0.2) is 61.4 Å². The Kier molecular flexibility index (Phi) is 4.03. The van der Waals surface area contributed by atoms with Crippen molar-refractivity contribution in [3.05, 3.63) is 34.7 Å². The zero-order valence-corrected chi connectivity index (χ0v) is 16.3. The maximum Gasteiger partial charge on any atom is 0.274 e. The van der Waals surface area contributed by atoms with Crippen LogP contribution in [0.1, 0.15) is 65.7 Å². The highest BCUT2D eigenvalue weighted by molar-refractivity contribution is 5.94. The third-order valence-electron chi connectivity index (χ3n) is 6.75. The van der Waals surface area contributed by atoms with Crippen molar-refractivity contribution in [2.24, 2.45) is 0 Å². The molecule has 8 nitrogen and oxygen atoms in total. The van der Waals surface area contributed by atoms with Gasteiger partial charge in [0.25, 0.3) is 5.91 Å². The van der Waals surface area contributed by atoms with Crippen LogP contribution in [0.2, 0.25) is 0 Å². The van der Waals surface area contributed by atoms with Gasteiger partial charge in [-0.1, -0.05) is 6.92 Å². The average molecular weight is 382 g/mol. The fourth-order valence-electron chi connectivity index (χ4n) is 5.26. The lowest BCUT2D eigenvalue weighted by atomic mass is 9.78. The van der Waals surface area contributed by atoms with Crippen LogP contribution in [0.4, 0.5) is 0 Å². The van der Waals surface area contributed by atoms with Crippen molar-refractivity contribution in [3.8, 4) is 0 Å². The Bertz CT molecular complexity index is 921. The van der Waals surface area contributed by atoms with Crippen molar-refractivity contribution >= 4 is 11.8 Å². The molecule has 1 spiro atoms. The van der Waals surface area contributed by atoms with Crippen molar-refractivity contribution in [3.63, 3.8) is 0 Å². The highest BCUT2D eigenvalue weighted by Crippen LogP contribution is 2.42. The highest BCUT2D eigenvalue weighted by Gasteiger charge is 2.49. The number of carbonyl (C=O) groups excluding carboxylic acids is 2. The number of fused-ring (bicyclic) bond motifs is 3. The van der Waals surface area contributed by atoms with Gasteiger partial charge in [0.05, 0.1) is 17.6 Å². The molecule has 2 amide bonds. The number of H-pyrrole nitrogens is 2. The molecular weight excluding hydrogens is 356 g/mol. The summed E-state index contributed by atoms with van der Waals surface area (Å²) in [5.74, 6) is 0.180. The van der Waals surface area contributed by atoms with Crippen LogP contribution < -0.4 is 0 Å². The second kappa shape index (κ2) is 6.46. The van der Waals surface area contributed by atoms with Crippen molar-refractivity contribution < 1.29 is 9.59 Å². The Morgan fingerprint density at radius 3 is 2.75 bits per heavy atom. The van der Waals surface area contributed by atoms with Gasteiger partial charge in [-0.05, 0) is 32.1 Å². The summed E-state index contributed by atoms with van der Waals surface area (Å²) >= 11 is 0. The van der Waals surface area contributed by atoms with E-state index in [2.05, 4.69) is 20.2 Å². The molecule has 0 bridgehead atoms. The molecule has 2 N–H and O–H groups in total. The van der Waals surface area contributed by atoms with Gasteiger partial charge in [-0.25, -0.2) is 4.98 Å². The highest BCUT2D eigenvalue weighted by atomic mass is 16.2. The molecule has 5 rings (SSSR count). The number of amides is 2. The van der Waals surface area contributed by atoms with Crippen LogP contribution in [0.5, 0.6) is 0 Å². The largest absolute Gasteiger partial charge is 0.348 e. The topological polar surface area (TPSA) is 98.0 Å². The molecule has 1 fully saturated rings. The first-order valence-corrected chi connectivity index (χ1v) is 10.3. The SMILES string of the molecule is CCC(=O)N1CCc2[nH]cnc2C12CCN(C(=O)c1n[nH]c3c1CCC3)CC2. The van der Waals surface area contributed by atoms with E-state index in [1.807, 2.05) is 16.7 Å². The van der Waals surface area contributed by atoms with Crippen molar-refractivity contribution in [2.45, 2.75) is 57.4 Å². The molecule has 2 aromatic rings. The third kappa shape index (κ3) is 2.43. The van der Waals surface area contributed by atoms with Crippen LogP contribution >= 0.6 is 0 Å². The first-order valence-electron chi connectivity index (χ1n) is 10.3. The van der Waals surface area contributed by atoms with Gasteiger partial charge in [-0.2, -0.15) is 5.10 Å². The predicted octanol–water partition coefficient (Wildman–Crippen LogP) is 1.55. The number of imidazole rings is 1. The van der Waals surface area contributed by atoms with E-state index in [9.17, 15) is 9.59 Å². The fraction of sp³-hybridized carbons (Fsp3) is 0.600. The minimum atomic E-state index is -0.398. The number of nitrogens with zero attached hydrogens (tertiary/aromatic N) is 4. The summed E-state index contributed by atoms with van der Waals surface area (Å²) in [5, 5.41) is 7.34. The molecule has 0 atom stereocenters. The van der Waals surface area contributed by atoms with Gasteiger partial charge in [-0.15, -0.1) is 0 Å². The molecule has 3 aliphatic rings. The van der Waals surface area contributed by atoms with E-state index in [4.69, 9.17) is 0 Å². The van der Waals surface area contributed by atoms with Gasteiger partial charge in [0.2, 0.25) is 5.91 Å². The molecular formula is C20H26N6O2. The second-order valence-electron chi connectivity index (χ2n) is 8.09. The van der Waals surface area contributed by atoms with Gasteiger partial charge >= 0.3 is 0 Å². The lowest BCUT2D eigenvalue weighted by Crippen LogP contribution is -2.58. The van der Waals surface area contributed by atoms with Gasteiger partial charge < -0.3 is 14.8 Å². The number of aromatic amines is 2. The van der Waals surface area contributed by atoms with Gasteiger partial charge in [0, 0.05) is 49.4 Å². The normalized spacial score (nSPS) is 20.3. The van der Waals surface area contributed by atoms with Gasteiger partial charge in [0.15, 0.2) is 5.69 Å². The van der Waals surface area contributed by atoms with E-state index in [1.54, 1.807) is 6.33 Å². The Labute approximate surface area is 163 Å². The first kappa shape index (κ1) is 17.5. The van der Waals surface area contributed by atoms with E-state index in [0.717, 1.165) is 61.2 Å². The van der Waals surface area contributed by atoms with Gasteiger partial charge in [-0.3, -0.25) is 14.7 Å². The Morgan fingerprint density at radius 2 is 1.96 bits per heavy atom. The van der Waals surface area contributed by atoms with Crippen LogP contribution in [0.25, 0.3) is 0 Å². The summed E-state index contributed by atoms with van der Waals surface area (Å²) < 4.78 is 0. The summed E-state index contributed by atoms with van der Waals surface area (Å²) in [5.41, 5.74) is 4.53. The van der Waals surface area contributed by atoms with Crippen molar-refractivity contribution in [1.82, 2.24) is 30.0 Å². The molecule has 8 heteroatoms. The number of piperidine rings is 1. The van der Waals surface area contributed by atoms with Crippen LogP contribution in [-0.2, 0) is 29.6 Å². The van der Waals surface area contributed by atoms with E-state index in [1.165, 1.54) is 0 Å². The average Bonchev–Trinajstić information content (AvgIpc) is 3.44. The number of rotatable bonds is 2. The van der Waals surface area contributed by atoms with Crippen molar-refractivity contribution in [1.29, 1.82) is 0 Å². The zero-order chi connectivity index (χ0) is 19.3. The third-order valence-corrected chi connectivity index (χ3v) is 6.75. The van der Waals surface area contributed by atoms with E-state index in [0.29, 0.717) is 31.7 Å². The number of nitrogens with one attached hydrogen (secondary N) is 2. The quantitative estimate of drug-likeness (QED) is 0.823. The molecule has 0 saturated carbocycles. The monoisotopic (exact) mass is 382 g/mol. The molecule has 0 aromatic carbocycles. The number of aryl methyl sites for hydroxylation is 1. The lowest BCUT2D eigenvalue weighted by molar-refractivity contribution is -0.141. The van der Waals surface area contributed by atoms with E-state index < -0.39 is 5.54 Å². The summed E-state index contributed by atoms with van der Waals surface area (Å²) in [6.07, 6.45) is 7.47. The first-order chi connectivity index (χ1) is 13.6. The molecule has 0 unspecified atom stereocenters. The number of hydrogen-bond donors (Lipinski definition) is 2. The number of aromatic nitrogens is 4. The molecule has 2 aromatic heterocycles. The standard InChI is InChI=1S/C20H26N6O2/c1-2-16(27)26-9-6-15-18(22-12-21-15)20(26)7-10-25(11-8-20)19(28)17-13-4-3-5-14(13)23-24-17/h12H,2-11H2,1H3,(H,21,22)(H,23,24). The van der Waals surface area contributed by atoms with Crippen LogP contribution in [0.15, 0.2) is 6.33 Å². The molecule has 1 saturated heterocycles. The van der Waals surface area contributed by atoms with Crippen LogP contribution in [0, 0.1) is 0 Å². The molecule has 2 aliphatic heterocycles. The number of likely N-dealkylation sites (tertiary alicyclic amines) is 1. The summed E-state index contributed by atoms with van der Waals surface area (Å²) in [6, 6.07) is 0. The fourth-order valence-corrected chi connectivity index (χ4v) is 5.26. The number of hydrogen-bond acceptors (Lipinski definition) is 4. The minimum absolute atomic E-state index is 0.0145. The summed E-state index contributed by atoms with van der Waals surface area (Å²) in [4.78, 5) is 37.6.